The highest BCUT2D eigenvalue weighted by molar-refractivity contribution is 6.30. The van der Waals surface area contributed by atoms with Crippen LogP contribution in [0.15, 0.2) is 42.5 Å². The summed E-state index contributed by atoms with van der Waals surface area (Å²) in [6.07, 6.45) is 0. The third kappa shape index (κ3) is 5.77. The molecule has 0 spiro atoms. The minimum absolute atomic E-state index is 0.0833. The van der Waals surface area contributed by atoms with Crippen molar-refractivity contribution < 1.29 is 19.0 Å². The lowest BCUT2D eigenvalue weighted by atomic mass is 10.2. The number of carbonyl (C=O) groups excluding carboxylic acids is 1. The van der Waals surface area contributed by atoms with Crippen molar-refractivity contribution in [2.45, 2.75) is 6.92 Å². The lowest BCUT2D eigenvalue weighted by Crippen LogP contribution is -2.35. The zero-order valence-electron chi connectivity index (χ0n) is 15.2. The normalized spacial score (nSPS) is 12.7. The van der Waals surface area contributed by atoms with Crippen LogP contribution in [0.25, 0.3) is 0 Å². The summed E-state index contributed by atoms with van der Waals surface area (Å²) < 4.78 is 16.7. The van der Waals surface area contributed by atoms with Gasteiger partial charge in [-0.2, -0.15) is 0 Å². The molecule has 0 saturated heterocycles. The highest BCUT2D eigenvalue weighted by Gasteiger charge is 2.14. The number of halogens is 1. The van der Waals surface area contributed by atoms with Crippen LogP contribution in [0.4, 0.5) is 5.69 Å². The number of nitrogens with one attached hydrogen (secondary N) is 1. The van der Waals surface area contributed by atoms with Crippen molar-refractivity contribution in [3.63, 3.8) is 0 Å². The molecular formula is C20H23ClN2O4. The number of ether oxygens (including phenoxy) is 3. The van der Waals surface area contributed by atoms with Crippen LogP contribution in [0.5, 0.6) is 17.2 Å². The van der Waals surface area contributed by atoms with Gasteiger partial charge in [-0.15, -0.1) is 0 Å². The van der Waals surface area contributed by atoms with Gasteiger partial charge in [0.2, 0.25) is 5.91 Å². The van der Waals surface area contributed by atoms with E-state index >= 15 is 0 Å². The van der Waals surface area contributed by atoms with Crippen molar-refractivity contribution in [1.29, 1.82) is 0 Å². The predicted molar refractivity (Wildman–Crippen MR) is 105 cm³/mol. The smallest absolute Gasteiger partial charge is 0.238 e. The number of rotatable bonds is 8. The molecule has 0 bridgehead atoms. The molecule has 2 aromatic carbocycles. The van der Waals surface area contributed by atoms with Crippen LogP contribution < -0.4 is 19.5 Å². The van der Waals surface area contributed by atoms with Gasteiger partial charge in [0.05, 0.1) is 6.54 Å². The van der Waals surface area contributed by atoms with Crippen molar-refractivity contribution in [3.05, 3.63) is 47.5 Å². The average Bonchev–Trinajstić information content (AvgIpc) is 2.68. The molecule has 27 heavy (non-hydrogen) atoms. The largest absolute Gasteiger partial charge is 0.492 e. The number of hydrogen-bond donors (Lipinski definition) is 1. The first kappa shape index (κ1) is 19.3. The molecule has 0 fully saturated rings. The van der Waals surface area contributed by atoms with E-state index in [0.29, 0.717) is 48.6 Å². The fourth-order valence-corrected chi connectivity index (χ4v) is 2.82. The summed E-state index contributed by atoms with van der Waals surface area (Å²) in [4.78, 5) is 14.4. The van der Waals surface area contributed by atoms with E-state index in [1.165, 1.54) is 0 Å². The maximum atomic E-state index is 12.3. The Kier molecular flexibility index (Phi) is 6.79. The first-order valence-electron chi connectivity index (χ1n) is 8.94. The molecule has 144 valence electrons. The molecule has 0 atom stereocenters. The van der Waals surface area contributed by atoms with Crippen LogP contribution in [0.1, 0.15) is 6.92 Å². The van der Waals surface area contributed by atoms with Crippen molar-refractivity contribution in [1.82, 2.24) is 4.90 Å². The zero-order valence-corrected chi connectivity index (χ0v) is 16.0. The van der Waals surface area contributed by atoms with Crippen molar-refractivity contribution in [2.75, 3.05) is 44.8 Å². The zero-order chi connectivity index (χ0) is 19.1. The van der Waals surface area contributed by atoms with Gasteiger partial charge in [0.25, 0.3) is 0 Å². The van der Waals surface area contributed by atoms with E-state index in [4.69, 9.17) is 25.8 Å². The minimum Gasteiger partial charge on any atom is -0.492 e. The second-order valence-electron chi connectivity index (χ2n) is 6.08. The quantitative estimate of drug-likeness (QED) is 0.748. The molecule has 1 N–H and O–H groups in total. The van der Waals surface area contributed by atoms with Crippen molar-refractivity contribution in [2.24, 2.45) is 0 Å². The number of likely N-dealkylation sites (N-methyl/N-ethyl adjacent to an activating group) is 1. The SMILES string of the molecule is CCN(CCOc1ccc(Cl)cc1)CC(=O)Nc1ccc2c(c1)OCCO2. The Hall–Kier alpha value is -2.44. The fourth-order valence-electron chi connectivity index (χ4n) is 2.70. The number of carbonyl (C=O) groups is 1. The second kappa shape index (κ2) is 9.48. The molecule has 0 unspecified atom stereocenters. The van der Waals surface area contributed by atoms with Gasteiger partial charge < -0.3 is 19.5 Å². The van der Waals surface area contributed by atoms with E-state index in [9.17, 15) is 4.79 Å². The maximum Gasteiger partial charge on any atom is 0.238 e. The van der Waals surface area contributed by atoms with E-state index in [0.717, 1.165) is 12.3 Å². The van der Waals surface area contributed by atoms with Crippen LogP contribution in [-0.2, 0) is 4.79 Å². The maximum absolute atomic E-state index is 12.3. The molecule has 1 aliphatic heterocycles. The van der Waals surface area contributed by atoms with Crippen molar-refractivity contribution in [3.8, 4) is 17.2 Å². The van der Waals surface area contributed by atoms with E-state index in [1.54, 1.807) is 18.2 Å². The molecule has 0 aliphatic carbocycles. The second-order valence-corrected chi connectivity index (χ2v) is 6.51. The third-order valence-electron chi connectivity index (χ3n) is 4.13. The molecule has 7 heteroatoms. The van der Waals surface area contributed by atoms with Crippen LogP contribution in [0.2, 0.25) is 5.02 Å². The highest BCUT2D eigenvalue weighted by Crippen LogP contribution is 2.32. The van der Waals surface area contributed by atoms with Gasteiger partial charge in [0.1, 0.15) is 25.6 Å². The van der Waals surface area contributed by atoms with Gasteiger partial charge in [-0.05, 0) is 42.9 Å². The third-order valence-corrected chi connectivity index (χ3v) is 4.38. The molecule has 1 amide bonds. The highest BCUT2D eigenvalue weighted by atomic mass is 35.5. The molecule has 0 radical (unpaired) electrons. The van der Waals surface area contributed by atoms with Crippen LogP contribution in [-0.4, -0.2) is 50.3 Å². The molecule has 0 saturated carbocycles. The van der Waals surface area contributed by atoms with Crippen LogP contribution >= 0.6 is 11.6 Å². The van der Waals surface area contributed by atoms with Gasteiger partial charge >= 0.3 is 0 Å². The number of nitrogens with zero attached hydrogens (tertiary/aromatic N) is 1. The van der Waals surface area contributed by atoms with Crippen molar-refractivity contribution >= 4 is 23.2 Å². The number of hydrogen-bond acceptors (Lipinski definition) is 5. The number of anilines is 1. The molecule has 6 nitrogen and oxygen atoms in total. The topological polar surface area (TPSA) is 60.0 Å². The van der Waals surface area contributed by atoms with Gasteiger partial charge in [-0.1, -0.05) is 18.5 Å². The fraction of sp³-hybridized carbons (Fsp3) is 0.350. The Labute approximate surface area is 164 Å². The molecule has 1 heterocycles. The first-order valence-corrected chi connectivity index (χ1v) is 9.32. The molecule has 2 aromatic rings. The summed E-state index contributed by atoms with van der Waals surface area (Å²) in [5.74, 6) is 2.03. The summed E-state index contributed by atoms with van der Waals surface area (Å²) in [6.45, 7) is 5.25. The minimum atomic E-state index is -0.0833. The molecule has 0 aromatic heterocycles. The lowest BCUT2D eigenvalue weighted by molar-refractivity contribution is -0.117. The summed E-state index contributed by atoms with van der Waals surface area (Å²) in [5.41, 5.74) is 0.692. The number of fused-ring (bicyclic) bond motifs is 1. The van der Waals surface area contributed by atoms with E-state index in [1.807, 2.05) is 36.1 Å². The summed E-state index contributed by atoms with van der Waals surface area (Å²) >= 11 is 5.86. The summed E-state index contributed by atoms with van der Waals surface area (Å²) in [6, 6.07) is 12.6. The van der Waals surface area contributed by atoms with Gasteiger partial charge in [-0.3, -0.25) is 9.69 Å². The number of amides is 1. The lowest BCUT2D eigenvalue weighted by Gasteiger charge is -2.21. The Balaban J connectivity index is 1.46. The number of benzene rings is 2. The molecular weight excluding hydrogens is 368 g/mol. The Morgan fingerprint density at radius 2 is 1.89 bits per heavy atom. The first-order chi connectivity index (χ1) is 13.1. The predicted octanol–water partition coefficient (Wildman–Crippen LogP) is 3.45. The van der Waals surface area contributed by atoms with E-state index in [-0.39, 0.29) is 12.5 Å². The Morgan fingerprint density at radius 3 is 2.63 bits per heavy atom. The Bertz CT molecular complexity index is 767. The van der Waals surface area contributed by atoms with E-state index < -0.39 is 0 Å². The summed E-state index contributed by atoms with van der Waals surface area (Å²) in [7, 11) is 0. The van der Waals surface area contributed by atoms with Crippen LogP contribution in [0, 0.1) is 0 Å². The average molecular weight is 391 g/mol. The van der Waals surface area contributed by atoms with Gasteiger partial charge in [0, 0.05) is 23.3 Å². The van der Waals surface area contributed by atoms with Crippen LogP contribution in [0.3, 0.4) is 0 Å². The molecule has 3 rings (SSSR count). The summed E-state index contributed by atoms with van der Waals surface area (Å²) in [5, 5.41) is 3.57. The monoisotopic (exact) mass is 390 g/mol. The Morgan fingerprint density at radius 1 is 1.15 bits per heavy atom. The van der Waals surface area contributed by atoms with Gasteiger partial charge in [-0.25, -0.2) is 0 Å². The van der Waals surface area contributed by atoms with Gasteiger partial charge in [0.15, 0.2) is 11.5 Å². The van der Waals surface area contributed by atoms with E-state index in [2.05, 4.69) is 5.32 Å². The standard InChI is InChI=1S/C20H23ClN2O4/c1-2-23(9-10-25-17-6-3-15(21)4-7-17)14-20(24)22-16-5-8-18-19(13-16)27-12-11-26-18/h3-8,13H,2,9-12,14H2,1H3,(H,22,24). The molecule has 1 aliphatic rings.